The molecule has 0 aliphatic rings. The number of hydrogen-bond acceptors (Lipinski definition) is 2. The number of carbonyl (C=O) groups is 1. The highest BCUT2D eigenvalue weighted by atomic mass is 32.1. The summed E-state index contributed by atoms with van der Waals surface area (Å²) in [5, 5.41) is 0. The summed E-state index contributed by atoms with van der Waals surface area (Å²) in [6.45, 7) is 5.81. The lowest BCUT2D eigenvalue weighted by Gasteiger charge is -2.23. The number of thiocarbonyl (C=S) groups is 1. The standard InChI is InChI=1S/C18H19NOS/c1-3-19(4-2)18(21)16-13-9-8-12-15(16)17(20)14-10-6-5-7-11-14/h5-13H,3-4H2,1-2H3. The molecule has 2 nitrogen and oxygen atoms in total. The number of carbonyl (C=O) groups excluding carboxylic acids is 1. The highest BCUT2D eigenvalue weighted by molar-refractivity contribution is 7.80. The molecule has 0 spiro atoms. The van der Waals surface area contributed by atoms with Gasteiger partial charge in [-0.3, -0.25) is 4.79 Å². The van der Waals surface area contributed by atoms with E-state index < -0.39 is 0 Å². The Labute approximate surface area is 131 Å². The molecule has 108 valence electrons. The third kappa shape index (κ3) is 3.37. The Balaban J connectivity index is 2.42. The molecule has 0 heterocycles. The average Bonchev–Trinajstić information content (AvgIpc) is 2.56. The summed E-state index contributed by atoms with van der Waals surface area (Å²) < 4.78 is 0. The van der Waals surface area contributed by atoms with Crippen LogP contribution in [-0.2, 0) is 0 Å². The van der Waals surface area contributed by atoms with Crippen LogP contribution in [0.5, 0.6) is 0 Å². The van der Waals surface area contributed by atoms with Crippen LogP contribution in [0.3, 0.4) is 0 Å². The first-order valence-electron chi connectivity index (χ1n) is 7.17. The third-order valence-electron chi connectivity index (χ3n) is 3.49. The Morgan fingerprint density at radius 3 is 2.00 bits per heavy atom. The molecule has 2 aromatic carbocycles. The van der Waals surface area contributed by atoms with Crippen molar-refractivity contribution in [2.24, 2.45) is 0 Å². The molecular weight excluding hydrogens is 278 g/mol. The monoisotopic (exact) mass is 297 g/mol. The number of nitrogens with zero attached hydrogens (tertiary/aromatic N) is 1. The zero-order chi connectivity index (χ0) is 15.2. The number of hydrogen-bond donors (Lipinski definition) is 0. The van der Waals surface area contributed by atoms with Crippen LogP contribution in [0.15, 0.2) is 54.6 Å². The topological polar surface area (TPSA) is 20.3 Å². The van der Waals surface area contributed by atoms with Gasteiger partial charge in [-0.2, -0.15) is 0 Å². The van der Waals surface area contributed by atoms with Gasteiger partial charge in [0, 0.05) is 29.8 Å². The zero-order valence-electron chi connectivity index (χ0n) is 12.4. The maximum absolute atomic E-state index is 12.7. The highest BCUT2D eigenvalue weighted by Crippen LogP contribution is 2.17. The quantitative estimate of drug-likeness (QED) is 0.616. The van der Waals surface area contributed by atoms with Gasteiger partial charge in [0.25, 0.3) is 0 Å². The van der Waals surface area contributed by atoms with Crippen molar-refractivity contribution in [1.29, 1.82) is 0 Å². The van der Waals surface area contributed by atoms with Crippen molar-refractivity contribution in [2.45, 2.75) is 13.8 Å². The Morgan fingerprint density at radius 2 is 1.43 bits per heavy atom. The van der Waals surface area contributed by atoms with Gasteiger partial charge in [-0.1, -0.05) is 66.8 Å². The van der Waals surface area contributed by atoms with Gasteiger partial charge in [0.2, 0.25) is 0 Å². The first-order valence-corrected chi connectivity index (χ1v) is 7.57. The Kier molecular flexibility index (Phi) is 5.23. The molecule has 0 unspecified atom stereocenters. The largest absolute Gasteiger partial charge is 0.363 e. The maximum atomic E-state index is 12.7. The highest BCUT2D eigenvalue weighted by Gasteiger charge is 2.17. The molecule has 0 saturated carbocycles. The third-order valence-corrected chi connectivity index (χ3v) is 3.97. The molecule has 3 heteroatoms. The molecule has 21 heavy (non-hydrogen) atoms. The number of ketones is 1. The minimum atomic E-state index is 0.0145. The van der Waals surface area contributed by atoms with Gasteiger partial charge in [0.15, 0.2) is 5.78 Å². The number of benzene rings is 2. The van der Waals surface area contributed by atoms with E-state index in [1.807, 2.05) is 54.6 Å². The van der Waals surface area contributed by atoms with Gasteiger partial charge in [-0.25, -0.2) is 0 Å². The predicted octanol–water partition coefficient (Wildman–Crippen LogP) is 3.93. The van der Waals surface area contributed by atoms with Crippen molar-refractivity contribution in [2.75, 3.05) is 13.1 Å². The summed E-state index contributed by atoms with van der Waals surface area (Å²) in [6, 6.07) is 16.9. The van der Waals surface area contributed by atoms with Crippen LogP contribution in [0.2, 0.25) is 0 Å². The van der Waals surface area contributed by atoms with E-state index in [1.165, 1.54) is 0 Å². The van der Waals surface area contributed by atoms with Gasteiger partial charge in [0.05, 0.1) is 0 Å². The van der Waals surface area contributed by atoms with Crippen LogP contribution < -0.4 is 0 Å². The molecule has 0 saturated heterocycles. The van der Waals surface area contributed by atoms with Gasteiger partial charge >= 0.3 is 0 Å². The summed E-state index contributed by atoms with van der Waals surface area (Å²) in [6.07, 6.45) is 0. The molecule has 0 N–H and O–H groups in total. The fourth-order valence-electron chi connectivity index (χ4n) is 2.29. The van der Waals surface area contributed by atoms with Crippen molar-refractivity contribution in [1.82, 2.24) is 4.90 Å². The van der Waals surface area contributed by atoms with E-state index in [9.17, 15) is 4.79 Å². The Morgan fingerprint density at radius 1 is 0.905 bits per heavy atom. The van der Waals surface area contributed by atoms with Crippen LogP contribution in [0.4, 0.5) is 0 Å². The van der Waals surface area contributed by atoms with E-state index >= 15 is 0 Å². The van der Waals surface area contributed by atoms with Gasteiger partial charge in [-0.05, 0) is 13.8 Å². The average molecular weight is 297 g/mol. The maximum Gasteiger partial charge on any atom is 0.193 e. The zero-order valence-corrected chi connectivity index (χ0v) is 13.2. The SMILES string of the molecule is CCN(CC)C(=S)c1ccccc1C(=O)c1ccccc1. The van der Waals surface area contributed by atoms with E-state index in [0.29, 0.717) is 11.1 Å². The minimum absolute atomic E-state index is 0.0145. The van der Waals surface area contributed by atoms with Crippen molar-refractivity contribution in [3.05, 3.63) is 71.3 Å². The van der Waals surface area contributed by atoms with Gasteiger partial charge in [-0.15, -0.1) is 0 Å². The summed E-state index contributed by atoms with van der Waals surface area (Å²) in [4.78, 5) is 15.5. The van der Waals surface area contributed by atoms with E-state index in [1.54, 1.807) is 0 Å². The molecule has 0 aliphatic carbocycles. The molecule has 2 aromatic rings. The van der Waals surface area contributed by atoms with E-state index in [4.69, 9.17) is 12.2 Å². The lowest BCUT2D eigenvalue weighted by atomic mass is 9.98. The summed E-state index contributed by atoms with van der Waals surface area (Å²) in [7, 11) is 0. The summed E-state index contributed by atoms with van der Waals surface area (Å²) in [5.41, 5.74) is 2.19. The van der Waals surface area contributed by atoms with Crippen molar-refractivity contribution < 1.29 is 4.79 Å². The Bertz CT molecular complexity index is 633. The first-order chi connectivity index (χ1) is 10.2. The van der Waals surface area contributed by atoms with E-state index in [-0.39, 0.29) is 5.78 Å². The normalized spacial score (nSPS) is 10.2. The van der Waals surface area contributed by atoms with Gasteiger partial charge in [0.1, 0.15) is 4.99 Å². The van der Waals surface area contributed by atoms with Crippen LogP contribution in [0.25, 0.3) is 0 Å². The predicted molar refractivity (Wildman–Crippen MR) is 90.9 cm³/mol. The van der Waals surface area contributed by atoms with E-state index in [0.717, 1.165) is 23.6 Å². The lowest BCUT2D eigenvalue weighted by Crippen LogP contribution is -2.30. The summed E-state index contributed by atoms with van der Waals surface area (Å²) in [5.74, 6) is 0.0145. The van der Waals surface area contributed by atoms with Crippen molar-refractivity contribution >= 4 is 23.0 Å². The second-order valence-corrected chi connectivity index (χ2v) is 5.10. The molecule has 0 radical (unpaired) electrons. The molecule has 0 aromatic heterocycles. The first kappa shape index (κ1) is 15.4. The molecule has 2 rings (SSSR count). The second kappa shape index (κ2) is 7.14. The van der Waals surface area contributed by atoms with Crippen molar-refractivity contribution in [3.8, 4) is 0 Å². The Hall–Kier alpha value is -2.00. The van der Waals surface area contributed by atoms with Crippen LogP contribution >= 0.6 is 12.2 Å². The fraction of sp³-hybridized carbons (Fsp3) is 0.222. The summed E-state index contributed by atoms with van der Waals surface area (Å²) >= 11 is 5.57. The fourth-order valence-corrected chi connectivity index (χ4v) is 2.73. The molecule has 0 aliphatic heterocycles. The molecule has 0 fully saturated rings. The lowest BCUT2D eigenvalue weighted by molar-refractivity contribution is 0.103. The van der Waals surface area contributed by atoms with Crippen LogP contribution in [0.1, 0.15) is 35.3 Å². The minimum Gasteiger partial charge on any atom is -0.363 e. The van der Waals surface area contributed by atoms with Crippen LogP contribution in [0, 0.1) is 0 Å². The second-order valence-electron chi connectivity index (χ2n) is 4.72. The van der Waals surface area contributed by atoms with E-state index in [2.05, 4.69) is 18.7 Å². The smallest absolute Gasteiger partial charge is 0.193 e. The van der Waals surface area contributed by atoms with Gasteiger partial charge < -0.3 is 4.90 Å². The molecule has 0 amide bonds. The molecular formula is C18H19NOS. The van der Waals surface area contributed by atoms with Crippen LogP contribution in [-0.4, -0.2) is 28.8 Å². The number of rotatable bonds is 5. The van der Waals surface area contributed by atoms with Crippen molar-refractivity contribution in [3.63, 3.8) is 0 Å². The molecule has 0 atom stereocenters. The molecule has 0 bridgehead atoms.